The van der Waals surface area contributed by atoms with Gasteiger partial charge in [-0.3, -0.25) is 0 Å². The van der Waals surface area contributed by atoms with E-state index in [4.69, 9.17) is 15.6 Å². The summed E-state index contributed by atoms with van der Waals surface area (Å²) in [6, 6.07) is 5.90. The van der Waals surface area contributed by atoms with Crippen LogP contribution in [0.1, 0.15) is 12.5 Å². The predicted octanol–water partition coefficient (Wildman–Crippen LogP) is 0.541. The van der Waals surface area contributed by atoms with Crippen LogP contribution < -0.4 is 15.9 Å². The van der Waals surface area contributed by atoms with Gasteiger partial charge in [0, 0.05) is 5.56 Å². The number of rotatable bonds is 5. The van der Waals surface area contributed by atoms with Crippen LogP contribution in [0.25, 0.3) is 0 Å². The van der Waals surface area contributed by atoms with Crippen molar-refractivity contribution in [1.29, 1.82) is 0 Å². The molecule has 7 heteroatoms. The molecule has 2 amide bonds. The molecule has 0 fully saturated rings. The molecule has 96 valence electrons. The van der Waals surface area contributed by atoms with Crippen molar-refractivity contribution < 1.29 is 19.4 Å². The number of hydrogen-bond acceptors (Lipinski definition) is 4. The fourth-order valence-corrected chi connectivity index (χ4v) is 1.10. The van der Waals surface area contributed by atoms with Gasteiger partial charge in [0.05, 0.1) is 6.21 Å². The number of urea groups is 1. The first kappa shape index (κ1) is 13.5. The van der Waals surface area contributed by atoms with Gasteiger partial charge in [0.15, 0.2) is 6.10 Å². The van der Waals surface area contributed by atoms with Crippen LogP contribution >= 0.6 is 0 Å². The number of nitrogens with zero attached hydrogens (tertiary/aromatic N) is 1. The van der Waals surface area contributed by atoms with Gasteiger partial charge in [-0.2, -0.15) is 5.10 Å². The third-order valence-corrected chi connectivity index (χ3v) is 1.95. The fraction of sp³-hybridized carbons (Fsp3) is 0.182. The SMILES string of the molecule is CC(Oc1ccccc1C=NNC(N)=O)C(=O)O. The topological polar surface area (TPSA) is 114 Å². The zero-order valence-corrected chi connectivity index (χ0v) is 9.66. The van der Waals surface area contributed by atoms with Crippen LogP contribution in [0.5, 0.6) is 5.75 Å². The van der Waals surface area contributed by atoms with Crippen molar-refractivity contribution in [2.45, 2.75) is 13.0 Å². The summed E-state index contributed by atoms with van der Waals surface area (Å²) in [7, 11) is 0. The van der Waals surface area contributed by atoms with Crippen LogP contribution in [0.4, 0.5) is 4.79 Å². The minimum Gasteiger partial charge on any atom is -0.479 e. The molecule has 0 aliphatic carbocycles. The van der Waals surface area contributed by atoms with Crippen molar-refractivity contribution in [3.05, 3.63) is 29.8 Å². The minimum atomic E-state index is -1.07. The second-order valence-electron chi connectivity index (χ2n) is 3.37. The van der Waals surface area contributed by atoms with E-state index in [1.165, 1.54) is 13.1 Å². The van der Waals surface area contributed by atoms with Crippen LogP contribution in [-0.4, -0.2) is 29.4 Å². The van der Waals surface area contributed by atoms with Gasteiger partial charge in [-0.05, 0) is 19.1 Å². The molecule has 1 aromatic rings. The van der Waals surface area contributed by atoms with Gasteiger partial charge in [0.1, 0.15) is 5.75 Å². The normalized spacial score (nSPS) is 12.1. The smallest absolute Gasteiger partial charge is 0.344 e. The lowest BCUT2D eigenvalue weighted by atomic mass is 10.2. The lowest BCUT2D eigenvalue weighted by Gasteiger charge is -2.12. The number of carboxylic acids is 1. The number of para-hydroxylation sites is 1. The third kappa shape index (κ3) is 4.12. The molecule has 18 heavy (non-hydrogen) atoms. The van der Waals surface area contributed by atoms with E-state index in [0.29, 0.717) is 11.3 Å². The number of ether oxygens (including phenoxy) is 1. The van der Waals surface area contributed by atoms with Crippen LogP contribution in [-0.2, 0) is 4.79 Å². The van der Waals surface area contributed by atoms with Gasteiger partial charge in [0.2, 0.25) is 0 Å². The molecule has 0 aliphatic rings. The Morgan fingerprint density at radius 1 is 1.50 bits per heavy atom. The Bertz CT molecular complexity index is 473. The number of benzene rings is 1. The van der Waals surface area contributed by atoms with Gasteiger partial charge in [-0.15, -0.1) is 0 Å². The minimum absolute atomic E-state index is 0.349. The Labute approximate surface area is 103 Å². The second-order valence-corrected chi connectivity index (χ2v) is 3.37. The summed E-state index contributed by atoms with van der Waals surface area (Å²) in [6.45, 7) is 1.41. The molecule has 0 aliphatic heterocycles. The van der Waals surface area contributed by atoms with Gasteiger partial charge < -0.3 is 15.6 Å². The van der Waals surface area contributed by atoms with Crippen LogP contribution in [0.15, 0.2) is 29.4 Å². The van der Waals surface area contributed by atoms with Crippen LogP contribution in [0.3, 0.4) is 0 Å². The van der Waals surface area contributed by atoms with Crippen molar-refractivity contribution in [3.8, 4) is 5.75 Å². The summed E-state index contributed by atoms with van der Waals surface area (Å²) in [4.78, 5) is 21.1. The Kier molecular flexibility index (Phi) is 4.67. The number of nitrogens with two attached hydrogens (primary N) is 1. The predicted molar refractivity (Wildman–Crippen MR) is 64.5 cm³/mol. The summed E-state index contributed by atoms with van der Waals surface area (Å²) in [5.74, 6) is -0.723. The van der Waals surface area contributed by atoms with E-state index >= 15 is 0 Å². The zero-order valence-electron chi connectivity index (χ0n) is 9.66. The number of aliphatic carboxylic acids is 1. The average molecular weight is 251 g/mol. The molecule has 1 rings (SSSR count). The Hall–Kier alpha value is -2.57. The number of hydrogen-bond donors (Lipinski definition) is 3. The summed E-state index contributed by atoms with van der Waals surface area (Å²) >= 11 is 0. The number of primary amides is 1. The molecule has 0 heterocycles. The van der Waals surface area contributed by atoms with Crippen molar-refractivity contribution in [3.63, 3.8) is 0 Å². The third-order valence-electron chi connectivity index (χ3n) is 1.95. The maximum atomic E-state index is 10.7. The largest absolute Gasteiger partial charge is 0.479 e. The molecule has 0 saturated heterocycles. The highest BCUT2D eigenvalue weighted by atomic mass is 16.5. The van der Waals surface area contributed by atoms with E-state index in [1.54, 1.807) is 24.3 Å². The van der Waals surface area contributed by atoms with Crippen molar-refractivity contribution >= 4 is 18.2 Å². The molecule has 0 saturated carbocycles. The highest BCUT2D eigenvalue weighted by molar-refractivity contribution is 5.85. The lowest BCUT2D eigenvalue weighted by molar-refractivity contribution is -0.144. The van der Waals surface area contributed by atoms with Crippen molar-refractivity contribution in [1.82, 2.24) is 5.43 Å². The van der Waals surface area contributed by atoms with Crippen LogP contribution in [0.2, 0.25) is 0 Å². The van der Waals surface area contributed by atoms with Crippen molar-refractivity contribution in [2.24, 2.45) is 10.8 Å². The number of carbonyl (C=O) groups is 2. The quantitative estimate of drug-likeness (QED) is 0.523. The molecule has 7 nitrogen and oxygen atoms in total. The maximum absolute atomic E-state index is 10.7. The summed E-state index contributed by atoms with van der Waals surface area (Å²) in [5, 5.41) is 12.3. The Balaban J connectivity index is 2.82. The summed E-state index contributed by atoms with van der Waals surface area (Å²) < 4.78 is 5.23. The molecule has 1 atom stereocenters. The summed E-state index contributed by atoms with van der Waals surface area (Å²) in [6.07, 6.45) is 0.331. The lowest BCUT2D eigenvalue weighted by Crippen LogP contribution is -2.25. The summed E-state index contributed by atoms with van der Waals surface area (Å²) in [5.41, 5.74) is 7.40. The van der Waals surface area contributed by atoms with E-state index in [0.717, 1.165) is 0 Å². The van der Waals surface area contributed by atoms with Gasteiger partial charge in [0.25, 0.3) is 0 Å². The van der Waals surface area contributed by atoms with Gasteiger partial charge >= 0.3 is 12.0 Å². The van der Waals surface area contributed by atoms with E-state index in [9.17, 15) is 9.59 Å². The Morgan fingerprint density at radius 2 is 2.17 bits per heavy atom. The van der Waals surface area contributed by atoms with E-state index in [1.807, 2.05) is 5.43 Å². The molecule has 1 unspecified atom stereocenters. The molecule has 0 aromatic heterocycles. The Morgan fingerprint density at radius 3 is 2.78 bits per heavy atom. The standard InChI is InChI=1S/C11H13N3O4/c1-7(10(15)16)18-9-5-3-2-4-8(9)6-13-14-11(12)17/h2-7H,1H3,(H,15,16)(H3,12,14,17). The van der Waals surface area contributed by atoms with Crippen LogP contribution in [0, 0.1) is 0 Å². The van der Waals surface area contributed by atoms with E-state index in [2.05, 4.69) is 5.10 Å². The molecule has 0 radical (unpaired) electrons. The first-order valence-electron chi connectivity index (χ1n) is 5.07. The number of amides is 2. The molecule has 1 aromatic carbocycles. The van der Waals surface area contributed by atoms with E-state index in [-0.39, 0.29) is 0 Å². The molecular weight excluding hydrogens is 238 g/mol. The molecule has 0 spiro atoms. The fourth-order valence-electron chi connectivity index (χ4n) is 1.10. The maximum Gasteiger partial charge on any atom is 0.344 e. The van der Waals surface area contributed by atoms with Crippen molar-refractivity contribution in [2.75, 3.05) is 0 Å². The zero-order chi connectivity index (χ0) is 13.5. The van der Waals surface area contributed by atoms with E-state index < -0.39 is 18.1 Å². The van der Waals surface area contributed by atoms with Gasteiger partial charge in [-0.1, -0.05) is 12.1 Å². The number of carbonyl (C=O) groups excluding carboxylic acids is 1. The average Bonchev–Trinajstić information content (AvgIpc) is 2.30. The van der Waals surface area contributed by atoms with Gasteiger partial charge in [-0.25, -0.2) is 15.0 Å². The number of hydrazone groups is 1. The molecular formula is C11H13N3O4. The highest BCUT2D eigenvalue weighted by Gasteiger charge is 2.13. The second kappa shape index (κ2) is 6.24. The first-order valence-corrected chi connectivity index (χ1v) is 5.07. The molecule has 4 N–H and O–H groups in total. The number of nitrogens with one attached hydrogen (secondary N) is 1. The number of carboxylic acid groups (broad SMARTS) is 1. The molecule has 0 bridgehead atoms. The monoisotopic (exact) mass is 251 g/mol. The first-order chi connectivity index (χ1) is 8.50. The highest BCUT2D eigenvalue weighted by Crippen LogP contribution is 2.17.